The molecule has 0 radical (unpaired) electrons. The van der Waals surface area contributed by atoms with Crippen molar-refractivity contribution in [2.75, 3.05) is 26.2 Å². The summed E-state index contributed by atoms with van der Waals surface area (Å²) in [4.78, 5) is 2.38. The van der Waals surface area contributed by atoms with Crippen molar-refractivity contribution in [2.45, 2.75) is 29.8 Å². The van der Waals surface area contributed by atoms with E-state index in [1.54, 1.807) is 0 Å². The molecule has 19 heavy (non-hydrogen) atoms. The molecule has 0 atom stereocenters. The monoisotopic (exact) mass is 304 g/mol. The first kappa shape index (κ1) is 13.4. The molecule has 2 fully saturated rings. The Hall–Kier alpha value is -0.630. The highest BCUT2D eigenvalue weighted by atomic mass is 35.5. The predicted molar refractivity (Wildman–Crippen MR) is 71.5 cm³/mol. The minimum Gasteiger partial charge on any atom is -0.298 e. The molecule has 1 saturated heterocycles. The van der Waals surface area contributed by atoms with Crippen molar-refractivity contribution in [3.63, 3.8) is 0 Å². The summed E-state index contributed by atoms with van der Waals surface area (Å²) >= 11 is 5.74. The Balaban J connectivity index is 1.74. The Bertz CT molecular complexity index is 547. The van der Waals surface area contributed by atoms with Gasteiger partial charge in [0.1, 0.15) is 0 Å². The van der Waals surface area contributed by atoms with E-state index in [1.165, 1.54) is 23.3 Å². The van der Waals surface area contributed by atoms with Crippen molar-refractivity contribution >= 4 is 21.6 Å². The number of H-pyrrole nitrogens is 1. The summed E-state index contributed by atoms with van der Waals surface area (Å²) in [7, 11) is -3.49. The normalized spacial score (nSPS) is 22.8. The summed E-state index contributed by atoms with van der Waals surface area (Å²) in [6.07, 6.45) is 3.98. The summed E-state index contributed by atoms with van der Waals surface area (Å²) in [6.45, 7) is 2.71. The first-order chi connectivity index (χ1) is 9.13. The first-order valence-electron chi connectivity index (χ1n) is 6.45. The number of halogens is 1. The van der Waals surface area contributed by atoms with Gasteiger partial charge >= 0.3 is 0 Å². The molecule has 2 heterocycles. The molecule has 0 amide bonds. The molecule has 0 bridgehead atoms. The van der Waals surface area contributed by atoms with Crippen molar-refractivity contribution in [2.24, 2.45) is 0 Å². The third-order valence-electron chi connectivity index (χ3n) is 3.76. The van der Waals surface area contributed by atoms with Gasteiger partial charge in [-0.1, -0.05) is 0 Å². The van der Waals surface area contributed by atoms with E-state index in [0.29, 0.717) is 24.7 Å². The first-order valence-corrected chi connectivity index (χ1v) is 8.43. The number of aromatic amines is 1. The highest BCUT2D eigenvalue weighted by Crippen LogP contribution is 2.28. The lowest BCUT2D eigenvalue weighted by Gasteiger charge is -2.33. The van der Waals surface area contributed by atoms with Gasteiger partial charge in [0.25, 0.3) is 10.0 Å². The average Bonchev–Trinajstić information content (AvgIpc) is 3.15. The van der Waals surface area contributed by atoms with Crippen LogP contribution in [0.2, 0.25) is 0 Å². The molecule has 6 nitrogen and oxygen atoms in total. The number of sulfonamides is 1. The fourth-order valence-corrected chi connectivity index (χ4v) is 4.30. The summed E-state index contributed by atoms with van der Waals surface area (Å²) in [5.41, 5.74) is 0.534. The van der Waals surface area contributed by atoms with Crippen LogP contribution in [0.25, 0.3) is 0 Å². The molecule has 1 N–H and O–H groups in total. The fraction of sp³-hybridized carbons (Fsp3) is 0.727. The van der Waals surface area contributed by atoms with Crippen molar-refractivity contribution < 1.29 is 8.42 Å². The van der Waals surface area contributed by atoms with E-state index in [9.17, 15) is 8.42 Å². The highest BCUT2D eigenvalue weighted by Gasteiger charge is 2.36. The van der Waals surface area contributed by atoms with E-state index in [0.717, 1.165) is 13.1 Å². The number of rotatable bonds is 4. The molecule has 106 valence electrons. The van der Waals surface area contributed by atoms with Gasteiger partial charge in [0.2, 0.25) is 0 Å². The Labute approximate surface area is 117 Å². The second-order valence-electron chi connectivity index (χ2n) is 5.03. The largest absolute Gasteiger partial charge is 0.298 e. The predicted octanol–water partition coefficient (Wildman–Crippen LogP) is 0.617. The number of piperazine rings is 1. The van der Waals surface area contributed by atoms with E-state index >= 15 is 0 Å². The lowest BCUT2D eigenvalue weighted by Crippen LogP contribution is -2.49. The van der Waals surface area contributed by atoms with Crippen molar-refractivity contribution in [3.05, 3.63) is 11.8 Å². The molecule has 3 rings (SSSR count). The van der Waals surface area contributed by atoms with Crippen LogP contribution in [0.4, 0.5) is 0 Å². The van der Waals surface area contributed by atoms with Gasteiger partial charge < -0.3 is 0 Å². The van der Waals surface area contributed by atoms with Crippen LogP contribution in [-0.4, -0.2) is 60.0 Å². The van der Waals surface area contributed by atoms with Crippen molar-refractivity contribution in [1.82, 2.24) is 19.4 Å². The Kier molecular flexibility index (Phi) is 3.55. The van der Waals surface area contributed by atoms with Gasteiger partial charge in [-0.15, -0.1) is 11.6 Å². The quantitative estimate of drug-likeness (QED) is 0.828. The Morgan fingerprint density at radius 2 is 2.00 bits per heavy atom. The number of aromatic nitrogens is 2. The van der Waals surface area contributed by atoms with Crippen molar-refractivity contribution in [1.29, 1.82) is 0 Å². The molecule has 1 aliphatic carbocycles. The molecule has 0 unspecified atom stereocenters. The minimum absolute atomic E-state index is 0.141. The third kappa shape index (κ3) is 2.52. The van der Waals surface area contributed by atoms with Crippen LogP contribution in [-0.2, 0) is 15.9 Å². The SMILES string of the molecule is O=S(=O)(c1[nH]ncc1CCl)N1CCN(C2CC2)CC1. The number of nitrogens with one attached hydrogen (secondary N) is 1. The topological polar surface area (TPSA) is 69.3 Å². The summed E-state index contributed by atoms with van der Waals surface area (Å²) in [5.74, 6) is 0.146. The molecule has 1 saturated carbocycles. The summed E-state index contributed by atoms with van der Waals surface area (Å²) in [6, 6.07) is 0.690. The summed E-state index contributed by atoms with van der Waals surface area (Å²) < 4.78 is 26.5. The lowest BCUT2D eigenvalue weighted by atomic mass is 10.3. The van der Waals surface area contributed by atoms with Gasteiger partial charge in [0.15, 0.2) is 5.03 Å². The zero-order chi connectivity index (χ0) is 13.5. The number of nitrogens with zero attached hydrogens (tertiary/aromatic N) is 3. The van der Waals surface area contributed by atoms with E-state index in [4.69, 9.17) is 11.6 Å². The zero-order valence-corrected chi connectivity index (χ0v) is 12.1. The third-order valence-corrected chi connectivity index (χ3v) is 5.96. The second-order valence-corrected chi connectivity index (χ2v) is 7.17. The maximum Gasteiger partial charge on any atom is 0.260 e. The average molecular weight is 305 g/mol. The number of hydrogen-bond acceptors (Lipinski definition) is 4. The van der Waals surface area contributed by atoms with Gasteiger partial charge in [-0.25, -0.2) is 8.42 Å². The van der Waals surface area contributed by atoms with E-state index < -0.39 is 10.0 Å². The van der Waals surface area contributed by atoms with Crippen LogP contribution in [0.15, 0.2) is 11.2 Å². The van der Waals surface area contributed by atoms with Crippen LogP contribution in [0.5, 0.6) is 0 Å². The minimum atomic E-state index is -3.49. The molecule has 1 aromatic heterocycles. The van der Waals surface area contributed by atoms with Gasteiger partial charge in [-0.3, -0.25) is 10.00 Å². The van der Waals surface area contributed by atoms with E-state index in [1.807, 2.05) is 0 Å². The van der Waals surface area contributed by atoms with Crippen LogP contribution < -0.4 is 0 Å². The maximum atomic E-state index is 12.5. The smallest absolute Gasteiger partial charge is 0.260 e. The summed E-state index contributed by atoms with van der Waals surface area (Å²) in [5, 5.41) is 6.49. The van der Waals surface area contributed by atoms with Gasteiger partial charge in [-0.05, 0) is 12.8 Å². The van der Waals surface area contributed by atoms with Crippen LogP contribution in [0.1, 0.15) is 18.4 Å². The van der Waals surface area contributed by atoms with Crippen molar-refractivity contribution in [3.8, 4) is 0 Å². The van der Waals surface area contributed by atoms with Crippen LogP contribution >= 0.6 is 11.6 Å². The number of alkyl halides is 1. The van der Waals surface area contributed by atoms with Gasteiger partial charge in [0.05, 0.1) is 12.1 Å². The van der Waals surface area contributed by atoms with Crippen LogP contribution in [0, 0.1) is 0 Å². The Morgan fingerprint density at radius 3 is 2.58 bits per heavy atom. The van der Waals surface area contributed by atoms with Crippen LogP contribution in [0.3, 0.4) is 0 Å². The maximum absolute atomic E-state index is 12.5. The highest BCUT2D eigenvalue weighted by molar-refractivity contribution is 7.89. The molecule has 0 spiro atoms. The lowest BCUT2D eigenvalue weighted by molar-refractivity contribution is 0.180. The molecular formula is C11H17ClN4O2S. The standard InChI is InChI=1S/C11H17ClN4O2S/c12-7-9-8-13-14-11(9)19(17,18)16-5-3-15(4-6-16)10-1-2-10/h8,10H,1-7H2,(H,13,14). The molecule has 0 aromatic carbocycles. The molecular weight excluding hydrogens is 288 g/mol. The van der Waals surface area contributed by atoms with Gasteiger partial charge in [0, 0.05) is 37.8 Å². The number of hydrogen-bond donors (Lipinski definition) is 1. The molecule has 1 aliphatic heterocycles. The van der Waals surface area contributed by atoms with E-state index in [-0.39, 0.29) is 10.9 Å². The van der Waals surface area contributed by atoms with E-state index in [2.05, 4.69) is 15.1 Å². The molecule has 8 heteroatoms. The molecule has 2 aliphatic rings. The van der Waals surface area contributed by atoms with Gasteiger partial charge in [-0.2, -0.15) is 9.40 Å². The zero-order valence-electron chi connectivity index (χ0n) is 10.5. The fourth-order valence-electron chi connectivity index (χ4n) is 2.50. The second kappa shape index (κ2) is 5.05. The molecule has 1 aromatic rings. The Morgan fingerprint density at radius 1 is 1.32 bits per heavy atom.